The van der Waals surface area contributed by atoms with Crippen LogP contribution in [0.1, 0.15) is 12.1 Å². The number of halogens is 2. The first kappa shape index (κ1) is 12.1. The van der Waals surface area contributed by atoms with E-state index >= 15 is 0 Å². The molecule has 3 nitrogen and oxygen atoms in total. The van der Waals surface area contributed by atoms with Crippen molar-refractivity contribution in [2.45, 2.75) is 13.0 Å². The average Bonchev–Trinajstić information content (AvgIpc) is 2.15. The van der Waals surface area contributed by atoms with E-state index in [1.165, 1.54) is 0 Å². The van der Waals surface area contributed by atoms with Crippen molar-refractivity contribution < 1.29 is 5.11 Å². The topological polar surface area (TPSA) is 45.1 Å². The molecule has 5 heteroatoms. The van der Waals surface area contributed by atoms with Gasteiger partial charge in [-0.3, -0.25) is 4.98 Å². The maximum atomic E-state index is 8.58. The molecule has 0 saturated heterocycles. The maximum absolute atomic E-state index is 8.58. The number of hydrogen-bond donors (Lipinski definition) is 2. The zero-order chi connectivity index (χ0) is 10.4. The first-order valence-corrected chi connectivity index (χ1v) is 5.94. The van der Waals surface area contributed by atoms with Crippen molar-refractivity contribution in [3.8, 4) is 0 Å². The fraction of sp³-hybridized carbons (Fsp3) is 0.444. The summed E-state index contributed by atoms with van der Waals surface area (Å²) in [4.78, 5) is 4.26. The lowest BCUT2D eigenvalue weighted by Gasteiger charge is -2.05. The van der Waals surface area contributed by atoms with Gasteiger partial charge in [-0.05, 0) is 50.9 Å². The van der Waals surface area contributed by atoms with Crippen molar-refractivity contribution in [1.82, 2.24) is 10.3 Å². The minimum absolute atomic E-state index is 0.224. The van der Waals surface area contributed by atoms with Crippen LogP contribution in [0.2, 0.25) is 0 Å². The summed E-state index contributed by atoms with van der Waals surface area (Å²) in [6.07, 6.45) is 2.54. The molecule has 1 aromatic rings. The molecule has 0 aliphatic heterocycles. The van der Waals surface area contributed by atoms with Crippen molar-refractivity contribution in [1.29, 1.82) is 0 Å². The van der Waals surface area contributed by atoms with Crippen LogP contribution in [-0.2, 0) is 6.54 Å². The predicted octanol–water partition coefficient (Wildman–Crippen LogP) is 2.08. The van der Waals surface area contributed by atoms with E-state index in [2.05, 4.69) is 42.2 Å². The van der Waals surface area contributed by atoms with Gasteiger partial charge in [-0.25, -0.2) is 0 Å². The van der Waals surface area contributed by atoms with E-state index in [0.29, 0.717) is 6.54 Å². The molecule has 1 heterocycles. The lowest BCUT2D eigenvalue weighted by molar-refractivity contribution is 0.286. The normalized spacial score (nSPS) is 10.5. The van der Waals surface area contributed by atoms with E-state index in [1.807, 2.05) is 6.07 Å². The highest BCUT2D eigenvalue weighted by molar-refractivity contribution is 9.11. The van der Waals surface area contributed by atoms with Crippen LogP contribution in [0.15, 0.2) is 21.2 Å². The molecule has 0 aliphatic rings. The van der Waals surface area contributed by atoms with Gasteiger partial charge in [-0.1, -0.05) is 0 Å². The lowest BCUT2D eigenvalue weighted by atomic mass is 10.3. The van der Waals surface area contributed by atoms with Crippen LogP contribution in [0, 0.1) is 0 Å². The van der Waals surface area contributed by atoms with E-state index in [9.17, 15) is 0 Å². The molecule has 0 bridgehead atoms. The quantitative estimate of drug-likeness (QED) is 0.815. The molecule has 0 radical (unpaired) electrons. The van der Waals surface area contributed by atoms with Crippen LogP contribution in [-0.4, -0.2) is 23.2 Å². The van der Waals surface area contributed by atoms with Gasteiger partial charge in [0.15, 0.2) is 0 Å². The molecule has 14 heavy (non-hydrogen) atoms. The van der Waals surface area contributed by atoms with Gasteiger partial charge in [0.2, 0.25) is 0 Å². The smallest absolute Gasteiger partial charge is 0.0684 e. The molecule has 0 spiro atoms. The summed E-state index contributed by atoms with van der Waals surface area (Å²) in [5.74, 6) is 0. The standard InChI is InChI=1S/C9H12Br2N2O/c10-7-4-8(11)9(13-5-7)6-12-2-1-3-14/h4-5,12,14H,1-3,6H2. The number of pyridine rings is 1. The number of aromatic nitrogens is 1. The predicted molar refractivity (Wildman–Crippen MR) is 63.0 cm³/mol. The zero-order valence-electron chi connectivity index (χ0n) is 7.63. The summed E-state index contributed by atoms with van der Waals surface area (Å²) in [5.41, 5.74) is 0.978. The van der Waals surface area contributed by atoms with Crippen LogP contribution in [0.25, 0.3) is 0 Å². The molecule has 0 saturated carbocycles. The summed E-state index contributed by atoms with van der Waals surface area (Å²) in [5, 5.41) is 11.8. The third kappa shape index (κ3) is 4.04. The number of nitrogens with zero attached hydrogens (tertiary/aromatic N) is 1. The van der Waals surface area contributed by atoms with Crippen LogP contribution < -0.4 is 5.32 Å². The van der Waals surface area contributed by atoms with Crippen LogP contribution in [0.4, 0.5) is 0 Å². The Hall–Kier alpha value is 0.0300. The fourth-order valence-electron chi connectivity index (χ4n) is 0.984. The van der Waals surface area contributed by atoms with Crippen molar-refractivity contribution in [2.75, 3.05) is 13.2 Å². The highest BCUT2D eigenvalue weighted by Gasteiger charge is 2.01. The van der Waals surface area contributed by atoms with Crippen molar-refractivity contribution in [3.05, 3.63) is 26.9 Å². The van der Waals surface area contributed by atoms with Crippen LogP contribution >= 0.6 is 31.9 Å². The van der Waals surface area contributed by atoms with Gasteiger partial charge < -0.3 is 10.4 Å². The van der Waals surface area contributed by atoms with Crippen molar-refractivity contribution in [3.63, 3.8) is 0 Å². The van der Waals surface area contributed by atoms with E-state index in [-0.39, 0.29) is 6.61 Å². The lowest BCUT2D eigenvalue weighted by Crippen LogP contribution is -2.16. The second kappa shape index (κ2) is 6.50. The monoisotopic (exact) mass is 322 g/mol. The minimum Gasteiger partial charge on any atom is -0.396 e. The Labute approximate surface area is 100 Å². The largest absolute Gasteiger partial charge is 0.396 e. The van der Waals surface area contributed by atoms with E-state index in [1.54, 1.807) is 6.20 Å². The summed E-state index contributed by atoms with van der Waals surface area (Å²) < 4.78 is 1.95. The molecule has 0 amide bonds. The number of aliphatic hydroxyl groups excluding tert-OH is 1. The van der Waals surface area contributed by atoms with Crippen molar-refractivity contribution >= 4 is 31.9 Å². The van der Waals surface area contributed by atoms with Gasteiger partial charge in [-0.2, -0.15) is 0 Å². The third-order valence-corrected chi connectivity index (χ3v) is 2.81. The minimum atomic E-state index is 0.224. The third-order valence-electron chi connectivity index (χ3n) is 1.69. The van der Waals surface area contributed by atoms with E-state index in [4.69, 9.17) is 5.11 Å². The highest BCUT2D eigenvalue weighted by atomic mass is 79.9. The van der Waals surface area contributed by atoms with Gasteiger partial charge in [0.25, 0.3) is 0 Å². The summed E-state index contributed by atoms with van der Waals surface area (Å²) in [7, 11) is 0. The van der Waals surface area contributed by atoms with Crippen molar-refractivity contribution in [2.24, 2.45) is 0 Å². The van der Waals surface area contributed by atoms with E-state index < -0.39 is 0 Å². The van der Waals surface area contributed by atoms with Crippen LogP contribution in [0.3, 0.4) is 0 Å². The maximum Gasteiger partial charge on any atom is 0.0684 e. The van der Waals surface area contributed by atoms with Gasteiger partial charge >= 0.3 is 0 Å². The fourth-order valence-corrected chi connectivity index (χ4v) is 2.11. The molecule has 2 N–H and O–H groups in total. The number of aliphatic hydroxyl groups is 1. The Bertz CT molecular complexity index is 294. The van der Waals surface area contributed by atoms with Gasteiger partial charge in [0.05, 0.1) is 5.69 Å². The highest BCUT2D eigenvalue weighted by Crippen LogP contribution is 2.19. The molecule has 0 aromatic carbocycles. The average molecular weight is 324 g/mol. The molecule has 1 aromatic heterocycles. The molecule has 0 aliphatic carbocycles. The second-order valence-electron chi connectivity index (χ2n) is 2.84. The van der Waals surface area contributed by atoms with Gasteiger partial charge in [0, 0.05) is 28.3 Å². The molecule has 1 rings (SSSR count). The number of rotatable bonds is 5. The second-order valence-corrected chi connectivity index (χ2v) is 4.61. The molecule has 0 atom stereocenters. The first-order valence-electron chi connectivity index (χ1n) is 4.35. The summed E-state index contributed by atoms with van der Waals surface area (Å²) in [6, 6.07) is 1.97. The molecular weight excluding hydrogens is 312 g/mol. The molecular formula is C9H12Br2N2O. The SMILES string of the molecule is OCCCNCc1ncc(Br)cc1Br. The Morgan fingerprint density at radius 3 is 2.86 bits per heavy atom. The van der Waals surface area contributed by atoms with E-state index in [0.717, 1.165) is 27.6 Å². The summed E-state index contributed by atoms with van der Waals surface area (Å²) >= 11 is 6.78. The Kier molecular flexibility index (Phi) is 5.62. The molecule has 0 fully saturated rings. The molecule has 78 valence electrons. The van der Waals surface area contributed by atoms with Crippen LogP contribution in [0.5, 0.6) is 0 Å². The first-order chi connectivity index (χ1) is 6.74. The Morgan fingerprint density at radius 2 is 2.21 bits per heavy atom. The Balaban J connectivity index is 2.42. The zero-order valence-corrected chi connectivity index (χ0v) is 10.8. The number of nitrogens with one attached hydrogen (secondary N) is 1. The Morgan fingerprint density at radius 1 is 1.43 bits per heavy atom. The van der Waals surface area contributed by atoms with Gasteiger partial charge in [0.1, 0.15) is 0 Å². The van der Waals surface area contributed by atoms with Gasteiger partial charge in [-0.15, -0.1) is 0 Å². The summed E-state index contributed by atoms with van der Waals surface area (Å²) in [6.45, 7) is 1.75. The number of hydrogen-bond acceptors (Lipinski definition) is 3. The molecule has 0 unspecified atom stereocenters.